The van der Waals surface area contributed by atoms with Gasteiger partial charge in [-0.1, -0.05) is 0 Å². The zero-order valence-electron chi connectivity index (χ0n) is 11.3. The Balaban J connectivity index is 2.19. The Kier molecular flexibility index (Phi) is 4.84. The van der Waals surface area contributed by atoms with Crippen LogP contribution in [0.3, 0.4) is 0 Å². The third kappa shape index (κ3) is 3.22. The molecule has 1 saturated heterocycles. The molecule has 1 aromatic rings. The van der Waals surface area contributed by atoms with Crippen LogP contribution in [-0.2, 0) is 9.59 Å². The van der Waals surface area contributed by atoms with Crippen LogP contribution in [0.2, 0.25) is 0 Å². The van der Waals surface area contributed by atoms with Gasteiger partial charge in [-0.3, -0.25) is 9.59 Å². The van der Waals surface area contributed by atoms with E-state index in [1.54, 1.807) is 30.2 Å². The van der Waals surface area contributed by atoms with E-state index in [1.807, 2.05) is 0 Å². The Morgan fingerprint density at radius 3 is 2.90 bits per heavy atom. The number of halogens is 1. The molecule has 1 fully saturated rings. The first-order valence-electron chi connectivity index (χ1n) is 6.50. The molecule has 2 amide bonds. The van der Waals surface area contributed by atoms with Gasteiger partial charge in [0.05, 0.1) is 12.8 Å². The molecule has 0 atom stereocenters. The number of anilines is 2. The Morgan fingerprint density at radius 2 is 2.30 bits per heavy atom. The van der Waals surface area contributed by atoms with Gasteiger partial charge in [-0.05, 0) is 18.6 Å². The van der Waals surface area contributed by atoms with Crippen molar-refractivity contribution in [3.05, 3.63) is 18.2 Å². The van der Waals surface area contributed by atoms with E-state index in [0.29, 0.717) is 24.4 Å². The highest BCUT2D eigenvalue weighted by molar-refractivity contribution is 6.19. The molecule has 0 aromatic heterocycles. The van der Waals surface area contributed by atoms with E-state index < -0.39 is 0 Å². The van der Waals surface area contributed by atoms with Gasteiger partial charge >= 0.3 is 0 Å². The summed E-state index contributed by atoms with van der Waals surface area (Å²) in [4.78, 5) is 25.0. The molecular weight excluding hydrogens is 280 g/mol. The molecule has 1 aromatic carbocycles. The van der Waals surface area contributed by atoms with Crippen LogP contribution in [0.4, 0.5) is 11.4 Å². The summed E-state index contributed by atoms with van der Waals surface area (Å²) in [7, 11) is 1.55. The average Bonchev–Trinajstić information content (AvgIpc) is 2.85. The summed E-state index contributed by atoms with van der Waals surface area (Å²) in [5.74, 6) is 0.807. The van der Waals surface area contributed by atoms with E-state index in [2.05, 4.69) is 5.32 Å². The number of hydrogen-bond donors (Lipinski definition) is 1. The van der Waals surface area contributed by atoms with E-state index >= 15 is 0 Å². The number of carbonyl (C=O) groups excluding carboxylic acids is 2. The van der Waals surface area contributed by atoms with Crippen LogP contribution in [0.25, 0.3) is 0 Å². The molecule has 1 aliphatic rings. The Labute approximate surface area is 122 Å². The normalized spacial score (nSPS) is 14.5. The minimum absolute atomic E-state index is 0.0993. The highest BCUT2D eigenvalue weighted by Crippen LogP contribution is 2.33. The minimum atomic E-state index is -0.146. The van der Waals surface area contributed by atoms with Crippen molar-refractivity contribution in [3.63, 3.8) is 0 Å². The third-order valence-electron chi connectivity index (χ3n) is 3.15. The second kappa shape index (κ2) is 6.61. The second-order valence-corrected chi connectivity index (χ2v) is 4.90. The van der Waals surface area contributed by atoms with Crippen molar-refractivity contribution in [1.29, 1.82) is 0 Å². The highest BCUT2D eigenvalue weighted by atomic mass is 35.5. The van der Waals surface area contributed by atoms with Crippen LogP contribution < -0.4 is 15.0 Å². The lowest BCUT2D eigenvalue weighted by molar-refractivity contribution is -0.117. The topological polar surface area (TPSA) is 58.6 Å². The summed E-state index contributed by atoms with van der Waals surface area (Å²) >= 11 is 5.52. The van der Waals surface area contributed by atoms with Gasteiger partial charge in [0, 0.05) is 37.0 Å². The highest BCUT2D eigenvalue weighted by Gasteiger charge is 2.24. The quantitative estimate of drug-likeness (QED) is 0.849. The van der Waals surface area contributed by atoms with E-state index in [-0.39, 0.29) is 24.1 Å². The van der Waals surface area contributed by atoms with Gasteiger partial charge in [0.15, 0.2) is 0 Å². The van der Waals surface area contributed by atoms with Gasteiger partial charge < -0.3 is 15.0 Å². The molecule has 2 rings (SSSR count). The summed E-state index contributed by atoms with van der Waals surface area (Å²) < 4.78 is 5.32. The number of ether oxygens (including phenoxy) is 1. The zero-order valence-corrected chi connectivity index (χ0v) is 12.1. The molecule has 0 bridgehead atoms. The number of hydrogen-bond acceptors (Lipinski definition) is 3. The fourth-order valence-electron chi connectivity index (χ4n) is 2.19. The number of methoxy groups -OCH3 is 1. The second-order valence-electron chi connectivity index (χ2n) is 4.52. The number of alkyl halides is 1. The maximum atomic E-state index is 11.8. The summed E-state index contributed by atoms with van der Waals surface area (Å²) in [5.41, 5.74) is 1.37. The Hall–Kier alpha value is -1.75. The van der Waals surface area contributed by atoms with E-state index in [9.17, 15) is 9.59 Å². The fourth-order valence-corrected chi connectivity index (χ4v) is 2.36. The largest absolute Gasteiger partial charge is 0.494 e. The summed E-state index contributed by atoms with van der Waals surface area (Å²) in [6, 6.07) is 5.26. The summed E-state index contributed by atoms with van der Waals surface area (Å²) in [6.45, 7) is 0.702. The molecule has 0 radical (unpaired) electrons. The van der Waals surface area contributed by atoms with Crippen molar-refractivity contribution in [3.8, 4) is 5.75 Å². The Morgan fingerprint density at radius 1 is 1.50 bits per heavy atom. The minimum Gasteiger partial charge on any atom is -0.494 e. The first-order chi connectivity index (χ1) is 9.65. The van der Waals surface area contributed by atoms with Crippen LogP contribution >= 0.6 is 11.6 Å². The van der Waals surface area contributed by atoms with Crippen LogP contribution in [-0.4, -0.2) is 31.3 Å². The van der Waals surface area contributed by atoms with Crippen molar-refractivity contribution >= 4 is 34.8 Å². The standard InChI is InChI=1S/C14H17ClN2O3/c1-20-12-9-10(16-13(18)6-7-15)4-5-11(12)17-8-2-3-14(17)19/h4-5,9H,2-3,6-8H2,1H3,(H,16,18). The smallest absolute Gasteiger partial charge is 0.227 e. The van der Waals surface area contributed by atoms with E-state index in [4.69, 9.17) is 16.3 Å². The number of rotatable bonds is 5. The monoisotopic (exact) mass is 296 g/mol. The molecular formula is C14H17ClN2O3. The lowest BCUT2D eigenvalue weighted by Gasteiger charge is -2.19. The molecule has 0 saturated carbocycles. The molecule has 0 spiro atoms. The third-order valence-corrected chi connectivity index (χ3v) is 3.34. The first kappa shape index (κ1) is 14.7. The maximum Gasteiger partial charge on any atom is 0.227 e. The van der Waals surface area contributed by atoms with Crippen LogP contribution in [0, 0.1) is 0 Å². The molecule has 1 N–H and O–H groups in total. The first-order valence-corrected chi connectivity index (χ1v) is 7.03. The number of carbonyl (C=O) groups is 2. The maximum absolute atomic E-state index is 11.8. The molecule has 20 heavy (non-hydrogen) atoms. The Bertz CT molecular complexity index is 519. The van der Waals surface area contributed by atoms with Crippen molar-refractivity contribution in [2.24, 2.45) is 0 Å². The van der Waals surface area contributed by atoms with Crippen molar-refractivity contribution in [2.75, 3.05) is 29.8 Å². The van der Waals surface area contributed by atoms with Gasteiger partial charge in [-0.2, -0.15) is 0 Å². The van der Waals surface area contributed by atoms with Gasteiger partial charge in [0.2, 0.25) is 11.8 Å². The number of nitrogens with one attached hydrogen (secondary N) is 1. The number of benzene rings is 1. The van der Waals surface area contributed by atoms with Crippen molar-refractivity contribution < 1.29 is 14.3 Å². The van der Waals surface area contributed by atoms with Crippen LogP contribution in [0.1, 0.15) is 19.3 Å². The predicted molar refractivity (Wildman–Crippen MR) is 78.5 cm³/mol. The van der Waals surface area contributed by atoms with Gasteiger partial charge in [-0.15, -0.1) is 11.6 Å². The van der Waals surface area contributed by atoms with E-state index in [1.165, 1.54) is 0 Å². The SMILES string of the molecule is COc1cc(NC(=O)CCCl)ccc1N1CCCC1=O. The zero-order chi connectivity index (χ0) is 14.5. The molecule has 108 valence electrons. The lowest BCUT2D eigenvalue weighted by Crippen LogP contribution is -2.24. The van der Waals surface area contributed by atoms with Crippen LogP contribution in [0.5, 0.6) is 5.75 Å². The number of amides is 2. The molecule has 5 nitrogen and oxygen atoms in total. The van der Waals surface area contributed by atoms with Gasteiger partial charge in [-0.25, -0.2) is 0 Å². The summed E-state index contributed by atoms with van der Waals surface area (Å²) in [5, 5.41) is 2.74. The van der Waals surface area contributed by atoms with Gasteiger partial charge in [0.25, 0.3) is 0 Å². The predicted octanol–water partition coefficient (Wildman–Crippen LogP) is 2.39. The lowest BCUT2D eigenvalue weighted by atomic mass is 10.2. The van der Waals surface area contributed by atoms with E-state index in [0.717, 1.165) is 12.1 Å². The van der Waals surface area contributed by atoms with Crippen molar-refractivity contribution in [2.45, 2.75) is 19.3 Å². The molecule has 1 heterocycles. The molecule has 0 unspecified atom stereocenters. The summed E-state index contributed by atoms with van der Waals surface area (Å²) in [6.07, 6.45) is 1.68. The van der Waals surface area contributed by atoms with Gasteiger partial charge in [0.1, 0.15) is 5.75 Å². The average molecular weight is 297 g/mol. The molecule has 0 aliphatic carbocycles. The van der Waals surface area contributed by atoms with Crippen molar-refractivity contribution in [1.82, 2.24) is 0 Å². The fraction of sp³-hybridized carbons (Fsp3) is 0.429. The number of nitrogens with zero attached hydrogens (tertiary/aromatic N) is 1. The molecule has 6 heteroatoms. The molecule has 1 aliphatic heterocycles. The van der Waals surface area contributed by atoms with Crippen LogP contribution in [0.15, 0.2) is 18.2 Å².